The molecule has 3 amide bonds. The summed E-state index contributed by atoms with van der Waals surface area (Å²) in [6.45, 7) is 4.85. The fourth-order valence-electron chi connectivity index (χ4n) is 2.58. The minimum absolute atomic E-state index is 0.0466. The fraction of sp³-hybridized carbons (Fsp3) is 0.467. The molecule has 1 saturated heterocycles. The number of amides is 3. The second-order valence-electron chi connectivity index (χ2n) is 5.70. The van der Waals surface area contributed by atoms with Crippen LogP contribution in [0.15, 0.2) is 12.1 Å². The molecule has 2 heterocycles. The summed E-state index contributed by atoms with van der Waals surface area (Å²) >= 11 is 6.18. The normalized spacial score (nSPS) is 20.5. The molecule has 6 nitrogen and oxygen atoms in total. The van der Waals surface area contributed by atoms with Gasteiger partial charge in [-0.15, -0.1) is 0 Å². The third-order valence-electron chi connectivity index (χ3n) is 3.72. The highest BCUT2D eigenvalue weighted by molar-refractivity contribution is 6.32. The van der Waals surface area contributed by atoms with Crippen LogP contribution in [0.2, 0.25) is 5.02 Å². The van der Waals surface area contributed by atoms with Crippen molar-refractivity contribution < 1.29 is 19.1 Å². The predicted molar refractivity (Wildman–Crippen MR) is 80.1 cm³/mol. The zero-order valence-corrected chi connectivity index (χ0v) is 13.1. The van der Waals surface area contributed by atoms with E-state index < -0.39 is 6.04 Å². The number of hydrogen-bond donors (Lipinski definition) is 1. The van der Waals surface area contributed by atoms with Gasteiger partial charge in [0.25, 0.3) is 5.91 Å². The van der Waals surface area contributed by atoms with E-state index in [0.717, 1.165) is 5.56 Å². The van der Waals surface area contributed by atoms with E-state index >= 15 is 0 Å². The summed E-state index contributed by atoms with van der Waals surface area (Å²) in [7, 11) is 0. The van der Waals surface area contributed by atoms with Gasteiger partial charge in [-0.25, -0.2) is 4.79 Å². The van der Waals surface area contributed by atoms with E-state index in [1.807, 2.05) is 13.8 Å². The van der Waals surface area contributed by atoms with Gasteiger partial charge in [-0.2, -0.15) is 0 Å². The van der Waals surface area contributed by atoms with Crippen molar-refractivity contribution in [2.75, 3.05) is 13.2 Å². The van der Waals surface area contributed by atoms with Crippen LogP contribution in [-0.2, 0) is 11.3 Å². The first-order valence-corrected chi connectivity index (χ1v) is 7.55. The molecule has 3 rings (SSSR count). The number of carbonyl (C=O) groups is 2. The van der Waals surface area contributed by atoms with Gasteiger partial charge in [0.15, 0.2) is 11.5 Å². The number of halogens is 1. The van der Waals surface area contributed by atoms with Crippen LogP contribution in [0.5, 0.6) is 11.5 Å². The topological polar surface area (TPSA) is 67.9 Å². The average Bonchev–Trinajstić information content (AvgIpc) is 2.76. The largest absolute Gasteiger partial charge is 0.486 e. The van der Waals surface area contributed by atoms with Crippen molar-refractivity contribution in [2.45, 2.75) is 26.4 Å². The summed E-state index contributed by atoms with van der Waals surface area (Å²) < 4.78 is 11.0. The van der Waals surface area contributed by atoms with Crippen molar-refractivity contribution in [3.05, 3.63) is 22.7 Å². The molecule has 118 valence electrons. The van der Waals surface area contributed by atoms with Crippen molar-refractivity contribution in [1.29, 1.82) is 0 Å². The van der Waals surface area contributed by atoms with Gasteiger partial charge >= 0.3 is 6.03 Å². The lowest BCUT2D eigenvalue weighted by atomic mass is 10.0. The highest BCUT2D eigenvalue weighted by atomic mass is 35.5. The van der Waals surface area contributed by atoms with Gasteiger partial charge in [0.05, 0.1) is 11.6 Å². The number of hydrogen-bond acceptors (Lipinski definition) is 4. The molecular formula is C15H17ClN2O4. The second kappa shape index (κ2) is 5.68. The lowest BCUT2D eigenvalue weighted by Gasteiger charge is -2.21. The smallest absolute Gasteiger partial charge is 0.325 e. The summed E-state index contributed by atoms with van der Waals surface area (Å²) in [4.78, 5) is 25.5. The second-order valence-corrected chi connectivity index (χ2v) is 6.10. The highest BCUT2D eigenvalue weighted by Gasteiger charge is 2.39. The monoisotopic (exact) mass is 324 g/mol. The molecule has 2 aliphatic heterocycles. The molecule has 0 bridgehead atoms. The van der Waals surface area contributed by atoms with Crippen molar-refractivity contribution >= 4 is 23.5 Å². The van der Waals surface area contributed by atoms with Crippen LogP contribution in [0.3, 0.4) is 0 Å². The average molecular weight is 325 g/mol. The minimum Gasteiger partial charge on any atom is -0.486 e. The van der Waals surface area contributed by atoms with Crippen LogP contribution in [0.25, 0.3) is 0 Å². The third kappa shape index (κ3) is 2.59. The van der Waals surface area contributed by atoms with Gasteiger partial charge in [0.2, 0.25) is 0 Å². The first-order valence-electron chi connectivity index (χ1n) is 7.17. The molecule has 1 N–H and O–H groups in total. The Morgan fingerprint density at radius 3 is 2.73 bits per heavy atom. The molecule has 0 aromatic heterocycles. The maximum absolute atomic E-state index is 12.3. The van der Waals surface area contributed by atoms with Gasteiger partial charge < -0.3 is 14.8 Å². The molecule has 0 aliphatic carbocycles. The Labute approximate surface area is 133 Å². The number of benzene rings is 1. The third-order valence-corrected chi connectivity index (χ3v) is 4.00. The Morgan fingerprint density at radius 1 is 1.32 bits per heavy atom. The van der Waals surface area contributed by atoms with E-state index in [1.54, 1.807) is 12.1 Å². The molecule has 1 unspecified atom stereocenters. The van der Waals surface area contributed by atoms with Crippen LogP contribution < -0.4 is 14.8 Å². The molecular weight excluding hydrogens is 308 g/mol. The first-order chi connectivity index (χ1) is 10.5. The van der Waals surface area contributed by atoms with Crippen molar-refractivity contribution in [3.8, 4) is 11.5 Å². The molecule has 1 aromatic rings. The number of nitrogens with zero attached hydrogens (tertiary/aromatic N) is 1. The van der Waals surface area contributed by atoms with Crippen LogP contribution in [0.1, 0.15) is 19.4 Å². The maximum atomic E-state index is 12.3. The highest BCUT2D eigenvalue weighted by Crippen LogP contribution is 2.38. The number of urea groups is 1. The molecule has 0 saturated carbocycles. The quantitative estimate of drug-likeness (QED) is 0.865. The zero-order valence-electron chi connectivity index (χ0n) is 12.4. The summed E-state index contributed by atoms with van der Waals surface area (Å²) in [5.41, 5.74) is 0.724. The number of fused-ring (bicyclic) bond motifs is 1. The van der Waals surface area contributed by atoms with E-state index in [9.17, 15) is 9.59 Å². The van der Waals surface area contributed by atoms with Crippen LogP contribution in [0, 0.1) is 5.92 Å². The molecule has 1 atom stereocenters. The molecule has 0 spiro atoms. The predicted octanol–water partition coefficient (Wildman–Crippen LogP) is 2.19. The Morgan fingerprint density at radius 2 is 2.05 bits per heavy atom. The SMILES string of the molecule is CC(C)C1NC(=O)N(Cc2cc(Cl)c3c(c2)OCCO3)C1=O. The molecule has 2 aliphatic rings. The van der Waals surface area contributed by atoms with Crippen molar-refractivity contribution in [3.63, 3.8) is 0 Å². The summed E-state index contributed by atoms with van der Waals surface area (Å²) in [5, 5.41) is 3.12. The Balaban J connectivity index is 1.83. The zero-order chi connectivity index (χ0) is 15.9. The standard InChI is InChI=1S/C15H17ClN2O4/c1-8(2)12-14(19)18(15(20)17-12)7-9-5-10(16)13-11(6-9)21-3-4-22-13/h5-6,8,12H,3-4,7H2,1-2H3,(H,17,20). The summed E-state index contributed by atoms with van der Waals surface area (Å²) in [6.07, 6.45) is 0. The Bertz CT molecular complexity index is 632. The van der Waals surface area contributed by atoms with Gasteiger partial charge in [-0.1, -0.05) is 25.4 Å². The number of ether oxygens (including phenoxy) is 2. The maximum Gasteiger partial charge on any atom is 0.325 e. The summed E-state index contributed by atoms with van der Waals surface area (Å²) in [5.74, 6) is 0.881. The molecule has 22 heavy (non-hydrogen) atoms. The van der Waals surface area contributed by atoms with Crippen molar-refractivity contribution in [1.82, 2.24) is 10.2 Å². The van der Waals surface area contributed by atoms with E-state index in [0.29, 0.717) is 29.7 Å². The number of imide groups is 1. The van der Waals surface area contributed by atoms with Crippen LogP contribution >= 0.6 is 11.6 Å². The molecule has 1 aromatic carbocycles. The molecule has 7 heteroatoms. The Kier molecular flexibility index (Phi) is 3.87. The van der Waals surface area contributed by atoms with E-state index in [1.165, 1.54) is 4.90 Å². The lowest BCUT2D eigenvalue weighted by molar-refractivity contribution is -0.128. The van der Waals surface area contributed by atoms with Gasteiger partial charge in [-0.05, 0) is 23.6 Å². The summed E-state index contributed by atoms with van der Waals surface area (Å²) in [6, 6.07) is 2.59. The van der Waals surface area contributed by atoms with Crippen molar-refractivity contribution in [2.24, 2.45) is 5.92 Å². The first kappa shape index (κ1) is 15.0. The van der Waals surface area contributed by atoms with Crippen LogP contribution in [-0.4, -0.2) is 36.1 Å². The number of rotatable bonds is 3. The number of nitrogens with one attached hydrogen (secondary N) is 1. The lowest BCUT2D eigenvalue weighted by Crippen LogP contribution is -2.34. The molecule has 0 radical (unpaired) electrons. The van der Waals surface area contributed by atoms with E-state index in [2.05, 4.69) is 5.32 Å². The number of carbonyl (C=O) groups excluding carboxylic acids is 2. The van der Waals surface area contributed by atoms with Gasteiger partial charge in [0, 0.05) is 0 Å². The van der Waals surface area contributed by atoms with E-state index in [4.69, 9.17) is 21.1 Å². The van der Waals surface area contributed by atoms with E-state index in [-0.39, 0.29) is 24.4 Å². The molecule has 1 fully saturated rings. The fourth-order valence-corrected chi connectivity index (χ4v) is 2.87. The van der Waals surface area contributed by atoms with Gasteiger partial charge in [-0.3, -0.25) is 9.69 Å². The minimum atomic E-state index is -0.472. The Hall–Kier alpha value is -1.95. The van der Waals surface area contributed by atoms with Crippen LogP contribution in [0.4, 0.5) is 4.79 Å². The van der Waals surface area contributed by atoms with Gasteiger partial charge in [0.1, 0.15) is 19.3 Å².